The lowest BCUT2D eigenvalue weighted by molar-refractivity contribution is 0.284. The van der Waals surface area contributed by atoms with Gasteiger partial charge in [0.2, 0.25) is 0 Å². The zero-order chi connectivity index (χ0) is 20.6. The van der Waals surface area contributed by atoms with E-state index in [2.05, 4.69) is 20.9 Å². The number of aliphatic imine (C=N–C) groups is 1. The van der Waals surface area contributed by atoms with Crippen molar-refractivity contribution < 1.29 is 14.2 Å². The SMILES string of the molecule is CCOc1ccc(N=Cc2cc(Cl)c(OCc3ccc(Br)cc3)c(OC)c2)cc1. The molecular formula is C23H21BrClNO3. The van der Waals surface area contributed by atoms with Crippen LogP contribution in [0.4, 0.5) is 5.69 Å². The Kier molecular flexibility index (Phi) is 7.55. The van der Waals surface area contributed by atoms with Crippen LogP contribution in [0.15, 0.2) is 70.1 Å². The summed E-state index contributed by atoms with van der Waals surface area (Å²) in [6.07, 6.45) is 1.74. The van der Waals surface area contributed by atoms with E-state index in [4.69, 9.17) is 25.8 Å². The first-order chi connectivity index (χ1) is 14.1. The summed E-state index contributed by atoms with van der Waals surface area (Å²) in [4.78, 5) is 4.49. The summed E-state index contributed by atoms with van der Waals surface area (Å²) >= 11 is 9.88. The predicted molar refractivity (Wildman–Crippen MR) is 121 cm³/mol. The van der Waals surface area contributed by atoms with Crippen molar-refractivity contribution >= 4 is 39.4 Å². The van der Waals surface area contributed by atoms with Crippen molar-refractivity contribution in [1.29, 1.82) is 0 Å². The molecule has 0 unspecified atom stereocenters. The van der Waals surface area contributed by atoms with Crippen molar-refractivity contribution in [2.45, 2.75) is 13.5 Å². The molecule has 0 fully saturated rings. The molecule has 0 saturated carbocycles. The number of benzene rings is 3. The number of nitrogens with zero attached hydrogens (tertiary/aromatic N) is 1. The number of rotatable bonds is 8. The average molecular weight is 475 g/mol. The maximum absolute atomic E-state index is 6.45. The average Bonchev–Trinajstić information content (AvgIpc) is 2.73. The van der Waals surface area contributed by atoms with Crippen LogP contribution in [0, 0.1) is 0 Å². The molecule has 0 aliphatic carbocycles. The first-order valence-corrected chi connectivity index (χ1v) is 10.3. The molecule has 0 atom stereocenters. The third-order valence-electron chi connectivity index (χ3n) is 4.06. The first-order valence-electron chi connectivity index (χ1n) is 9.10. The third kappa shape index (κ3) is 5.99. The van der Waals surface area contributed by atoms with E-state index in [0.29, 0.717) is 29.7 Å². The van der Waals surface area contributed by atoms with Gasteiger partial charge >= 0.3 is 0 Å². The highest BCUT2D eigenvalue weighted by molar-refractivity contribution is 9.10. The lowest BCUT2D eigenvalue weighted by Crippen LogP contribution is -1.99. The van der Waals surface area contributed by atoms with Crippen molar-refractivity contribution in [3.8, 4) is 17.2 Å². The maximum Gasteiger partial charge on any atom is 0.180 e. The molecule has 0 N–H and O–H groups in total. The summed E-state index contributed by atoms with van der Waals surface area (Å²) in [5, 5.41) is 0.467. The van der Waals surface area contributed by atoms with E-state index in [1.165, 1.54) is 0 Å². The Labute approximate surface area is 184 Å². The van der Waals surface area contributed by atoms with E-state index < -0.39 is 0 Å². The van der Waals surface area contributed by atoms with Crippen LogP contribution in [-0.4, -0.2) is 19.9 Å². The largest absolute Gasteiger partial charge is 0.494 e. The van der Waals surface area contributed by atoms with Crippen LogP contribution in [0.1, 0.15) is 18.1 Å². The molecular weight excluding hydrogens is 454 g/mol. The van der Waals surface area contributed by atoms with Crippen LogP contribution in [-0.2, 0) is 6.61 Å². The van der Waals surface area contributed by atoms with E-state index in [0.717, 1.165) is 27.0 Å². The molecule has 0 heterocycles. The number of hydrogen-bond donors (Lipinski definition) is 0. The van der Waals surface area contributed by atoms with Crippen LogP contribution < -0.4 is 14.2 Å². The fourth-order valence-corrected chi connectivity index (χ4v) is 3.17. The Morgan fingerprint density at radius 1 is 1.00 bits per heavy atom. The molecule has 0 aromatic heterocycles. The van der Waals surface area contributed by atoms with Gasteiger partial charge in [-0.25, -0.2) is 0 Å². The smallest absolute Gasteiger partial charge is 0.180 e. The molecule has 0 spiro atoms. The standard InChI is InChI=1S/C23H21BrClNO3/c1-3-28-20-10-8-19(9-11-20)26-14-17-12-21(25)23(22(13-17)27-2)29-15-16-4-6-18(24)7-5-16/h4-14H,3,15H2,1-2H3. The second kappa shape index (κ2) is 10.3. The van der Waals surface area contributed by atoms with Crippen LogP contribution in [0.5, 0.6) is 17.2 Å². The Morgan fingerprint density at radius 2 is 1.72 bits per heavy atom. The van der Waals surface area contributed by atoms with Crippen molar-refractivity contribution in [1.82, 2.24) is 0 Å². The van der Waals surface area contributed by atoms with Crippen molar-refractivity contribution in [2.24, 2.45) is 4.99 Å². The summed E-state index contributed by atoms with van der Waals surface area (Å²) in [5.41, 5.74) is 2.67. The molecule has 3 rings (SSSR count). The van der Waals surface area contributed by atoms with Crippen LogP contribution in [0.2, 0.25) is 5.02 Å². The van der Waals surface area contributed by atoms with Gasteiger partial charge in [0.1, 0.15) is 12.4 Å². The second-order valence-electron chi connectivity index (χ2n) is 6.13. The molecule has 150 valence electrons. The van der Waals surface area contributed by atoms with Gasteiger partial charge in [0.05, 0.1) is 24.4 Å². The first kappa shape index (κ1) is 21.2. The Morgan fingerprint density at radius 3 is 2.38 bits per heavy atom. The molecule has 29 heavy (non-hydrogen) atoms. The molecule has 0 aliphatic heterocycles. The van der Waals surface area contributed by atoms with Gasteiger partial charge in [-0.2, -0.15) is 0 Å². The highest BCUT2D eigenvalue weighted by Crippen LogP contribution is 2.36. The van der Waals surface area contributed by atoms with Gasteiger partial charge in [0, 0.05) is 10.7 Å². The van der Waals surface area contributed by atoms with Crippen molar-refractivity contribution in [3.63, 3.8) is 0 Å². The number of hydrogen-bond acceptors (Lipinski definition) is 4. The topological polar surface area (TPSA) is 40.0 Å². The van der Waals surface area contributed by atoms with Gasteiger partial charge < -0.3 is 14.2 Å². The highest BCUT2D eigenvalue weighted by atomic mass is 79.9. The van der Waals surface area contributed by atoms with Gasteiger partial charge in [-0.05, 0) is 66.6 Å². The Hall–Kier alpha value is -2.50. The van der Waals surface area contributed by atoms with Gasteiger partial charge in [-0.1, -0.05) is 39.7 Å². The van der Waals surface area contributed by atoms with Gasteiger partial charge in [0.25, 0.3) is 0 Å². The summed E-state index contributed by atoms with van der Waals surface area (Å²) in [6, 6.07) is 19.2. The van der Waals surface area contributed by atoms with Crippen molar-refractivity contribution in [2.75, 3.05) is 13.7 Å². The van der Waals surface area contributed by atoms with E-state index in [-0.39, 0.29) is 0 Å². The van der Waals surface area contributed by atoms with Crippen LogP contribution in [0.3, 0.4) is 0 Å². The molecule has 6 heteroatoms. The normalized spacial score (nSPS) is 10.9. The van der Waals surface area contributed by atoms with Crippen LogP contribution >= 0.6 is 27.5 Å². The fourth-order valence-electron chi connectivity index (χ4n) is 2.63. The third-order valence-corrected chi connectivity index (χ3v) is 4.87. The zero-order valence-corrected chi connectivity index (χ0v) is 18.5. The lowest BCUT2D eigenvalue weighted by atomic mass is 10.2. The number of ether oxygens (including phenoxy) is 3. The van der Waals surface area contributed by atoms with E-state index in [1.807, 2.05) is 61.5 Å². The van der Waals surface area contributed by atoms with Gasteiger partial charge in [0.15, 0.2) is 11.5 Å². The molecule has 3 aromatic rings. The molecule has 0 radical (unpaired) electrons. The molecule has 3 aromatic carbocycles. The maximum atomic E-state index is 6.45. The zero-order valence-electron chi connectivity index (χ0n) is 16.2. The van der Waals surface area contributed by atoms with Gasteiger partial charge in [-0.3, -0.25) is 4.99 Å². The molecule has 0 saturated heterocycles. The highest BCUT2D eigenvalue weighted by Gasteiger charge is 2.12. The molecule has 0 amide bonds. The summed E-state index contributed by atoms with van der Waals surface area (Å²) in [5.74, 6) is 1.89. The van der Waals surface area contributed by atoms with Crippen LogP contribution in [0.25, 0.3) is 0 Å². The summed E-state index contributed by atoms with van der Waals surface area (Å²) in [6.45, 7) is 2.98. The minimum Gasteiger partial charge on any atom is -0.494 e. The van der Waals surface area contributed by atoms with E-state index in [9.17, 15) is 0 Å². The Bertz CT molecular complexity index is 973. The quantitative estimate of drug-likeness (QED) is 0.336. The van der Waals surface area contributed by atoms with E-state index >= 15 is 0 Å². The summed E-state index contributed by atoms with van der Waals surface area (Å²) in [7, 11) is 1.59. The number of methoxy groups -OCH3 is 1. The fraction of sp³-hybridized carbons (Fsp3) is 0.174. The minimum absolute atomic E-state index is 0.392. The minimum atomic E-state index is 0.392. The molecule has 4 nitrogen and oxygen atoms in total. The van der Waals surface area contributed by atoms with Crippen molar-refractivity contribution in [3.05, 3.63) is 81.3 Å². The number of halogens is 2. The summed E-state index contributed by atoms with van der Waals surface area (Å²) < 4.78 is 17.8. The monoisotopic (exact) mass is 473 g/mol. The second-order valence-corrected chi connectivity index (χ2v) is 7.46. The van der Waals surface area contributed by atoms with E-state index in [1.54, 1.807) is 19.4 Å². The molecule has 0 bridgehead atoms. The Balaban J connectivity index is 1.74. The molecule has 0 aliphatic rings. The lowest BCUT2D eigenvalue weighted by Gasteiger charge is -2.13. The predicted octanol–water partition coefficient (Wildman–Crippen LogP) is 6.84. The van der Waals surface area contributed by atoms with Gasteiger partial charge in [-0.15, -0.1) is 0 Å².